The number of fused-ring (bicyclic) bond motifs is 2. The van der Waals surface area contributed by atoms with E-state index in [4.69, 9.17) is 25.6 Å². The van der Waals surface area contributed by atoms with Crippen molar-refractivity contribution in [1.82, 2.24) is 9.55 Å². The van der Waals surface area contributed by atoms with Crippen molar-refractivity contribution >= 4 is 67.3 Å². The number of hydroxylamine groups is 1. The highest BCUT2D eigenvalue weighted by atomic mass is 35.5. The maximum atomic E-state index is 13.9. The van der Waals surface area contributed by atoms with Gasteiger partial charge in [0.15, 0.2) is 0 Å². The number of aromatic nitrogens is 2. The molecule has 3 heterocycles. The largest absolute Gasteiger partial charge is 0.497 e. The minimum atomic E-state index is -3.89. The minimum absolute atomic E-state index is 0.138. The summed E-state index contributed by atoms with van der Waals surface area (Å²) in [5.41, 5.74) is 4.17. The average Bonchev–Trinajstić information content (AvgIpc) is 3.57. The van der Waals surface area contributed by atoms with Crippen LogP contribution in [0.5, 0.6) is 5.75 Å². The van der Waals surface area contributed by atoms with Crippen molar-refractivity contribution in [2.45, 2.75) is 0 Å². The zero-order valence-electron chi connectivity index (χ0n) is 23.1. The number of methoxy groups -OCH3 is 1. The Bertz CT molecular complexity index is 1920. The van der Waals surface area contributed by atoms with Gasteiger partial charge >= 0.3 is 0 Å². The molecule has 1 amide bonds. The maximum absolute atomic E-state index is 13.9. The van der Waals surface area contributed by atoms with Gasteiger partial charge in [-0.05, 0) is 66.2 Å². The highest BCUT2D eigenvalue weighted by molar-refractivity contribution is 7.86. The monoisotopic (exact) mass is 623 g/mol. The molecule has 0 radical (unpaired) electrons. The lowest BCUT2D eigenvalue weighted by Gasteiger charge is -2.34. The van der Waals surface area contributed by atoms with Crippen LogP contribution in [0.3, 0.4) is 0 Å². The van der Waals surface area contributed by atoms with Crippen molar-refractivity contribution in [3.63, 3.8) is 0 Å². The van der Waals surface area contributed by atoms with Gasteiger partial charge in [-0.1, -0.05) is 23.7 Å². The van der Waals surface area contributed by atoms with Crippen LogP contribution < -0.4 is 19.6 Å². The molecular formula is C29H26ClN5O5S2. The van der Waals surface area contributed by atoms with Gasteiger partial charge in [0, 0.05) is 35.4 Å². The zero-order chi connectivity index (χ0) is 29.8. The van der Waals surface area contributed by atoms with Crippen LogP contribution in [0.1, 0.15) is 9.67 Å². The summed E-state index contributed by atoms with van der Waals surface area (Å²) < 4.78 is 37.1. The number of rotatable bonds is 7. The molecule has 2 aromatic heterocycles. The number of hydrogen-bond acceptors (Lipinski definition) is 9. The van der Waals surface area contributed by atoms with Crippen molar-refractivity contribution in [2.75, 3.05) is 49.0 Å². The van der Waals surface area contributed by atoms with Gasteiger partial charge in [0.05, 0.1) is 30.1 Å². The van der Waals surface area contributed by atoms with Gasteiger partial charge in [-0.2, -0.15) is 8.42 Å². The molecule has 5 aromatic rings. The Morgan fingerprint density at radius 3 is 2.31 bits per heavy atom. The Kier molecular flexibility index (Phi) is 7.09. The smallest absolute Gasteiger partial charge is 0.285 e. The van der Waals surface area contributed by atoms with E-state index in [9.17, 15) is 13.2 Å². The summed E-state index contributed by atoms with van der Waals surface area (Å²) in [7, 11) is 1.55. The first-order valence-corrected chi connectivity index (χ1v) is 15.8. The standard InChI is InChI=1S/C29H26ClN5O5S2/c1-32(2)29-31-23-15-21(11-14-24(23)35(29)20-9-12-22(39-3)13-10-20)33-17-34(40-42(4,37)38)25-16-26(41-27(25)28(33)36)18-5-7-19(30)8-6-18/h5-16H,17H2,1-4H3. The van der Waals surface area contributed by atoms with Crippen molar-refractivity contribution in [1.29, 1.82) is 0 Å². The summed E-state index contributed by atoms with van der Waals surface area (Å²) in [5, 5.41) is 1.82. The molecule has 0 unspecified atom stereocenters. The number of halogens is 1. The van der Waals surface area contributed by atoms with Gasteiger partial charge < -0.3 is 9.64 Å². The Morgan fingerprint density at radius 2 is 1.67 bits per heavy atom. The molecule has 216 valence electrons. The second-order valence-electron chi connectivity index (χ2n) is 9.88. The Balaban J connectivity index is 1.43. The van der Waals surface area contributed by atoms with E-state index in [-0.39, 0.29) is 12.6 Å². The van der Waals surface area contributed by atoms with E-state index in [1.165, 1.54) is 21.3 Å². The van der Waals surface area contributed by atoms with E-state index in [1.54, 1.807) is 25.3 Å². The number of ether oxygens (including phenoxy) is 1. The number of carbonyl (C=O) groups excluding carboxylic acids is 1. The fourth-order valence-electron chi connectivity index (χ4n) is 4.80. The normalized spacial score (nSPS) is 13.5. The van der Waals surface area contributed by atoms with Crippen LogP contribution in [-0.4, -0.2) is 58.0 Å². The van der Waals surface area contributed by atoms with Crippen molar-refractivity contribution in [2.24, 2.45) is 0 Å². The highest BCUT2D eigenvalue weighted by Crippen LogP contribution is 2.42. The molecule has 3 aromatic carbocycles. The Labute approximate surface area is 252 Å². The van der Waals surface area contributed by atoms with Crippen LogP contribution in [0, 0.1) is 0 Å². The molecule has 13 heteroatoms. The fourth-order valence-corrected chi connectivity index (χ4v) is 6.49. The van der Waals surface area contributed by atoms with Crippen molar-refractivity contribution in [3.8, 4) is 21.9 Å². The van der Waals surface area contributed by atoms with E-state index in [2.05, 4.69) is 0 Å². The molecule has 0 bridgehead atoms. The van der Waals surface area contributed by atoms with Crippen LogP contribution >= 0.6 is 22.9 Å². The van der Waals surface area contributed by atoms with E-state index < -0.39 is 10.1 Å². The zero-order valence-corrected chi connectivity index (χ0v) is 25.5. The number of benzene rings is 3. The lowest BCUT2D eigenvalue weighted by molar-refractivity contribution is 0.0973. The van der Waals surface area contributed by atoms with Gasteiger partial charge in [0.1, 0.15) is 17.3 Å². The van der Waals surface area contributed by atoms with E-state index >= 15 is 0 Å². The molecule has 0 atom stereocenters. The minimum Gasteiger partial charge on any atom is -0.497 e. The average molecular weight is 624 g/mol. The molecule has 0 aliphatic carbocycles. The van der Waals surface area contributed by atoms with E-state index in [0.717, 1.165) is 33.6 Å². The van der Waals surface area contributed by atoms with Gasteiger partial charge in [-0.15, -0.1) is 15.6 Å². The predicted octanol–water partition coefficient (Wildman–Crippen LogP) is 5.80. The summed E-state index contributed by atoms with van der Waals surface area (Å²) in [5.74, 6) is 1.17. The Hall–Kier alpha value is -4.10. The summed E-state index contributed by atoms with van der Waals surface area (Å²) in [6, 6.07) is 22.2. The molecule has 0 saturated carbocycles. The number of nitrogens with zero attached hydrogens (tertiary/aromatic N) is 5. The molecule has 0 fully saturated rings. The van der Waals surface area contributed by atoms with Gasteiger partial charge in [0.2, 0.25) is 5.95 Å². The third-order valence-electron chi connectivity index (χ3n) is 6.71. The first-order valence-electron chi connectivity index (χ1n) is 12.8. The molecule has 6 rings (SSSR count). The van der Waals surface area contributed by atoms with Gasteiger partial charge in [-0.25, -0.2) is 10.0 Å². The second kappa shape index (κ2) is 10.6. The Morgan fingerprint density at radius 1 is 0.976 bits per heavy atom. The number of imidazole rings is 1. The number of anilines is 3. The molecule has 0 spiro atoms. The van der Waals surface area contributed by atoms with Crippen molar-refractivity contribution in [3.05, 3.63) is 82.7 Å². The van der Waals surface area contributed by atoms with Crippen LogP contribution in [0.15, 0.2) is 72.8 Å². The van der Waals surface area contributed by atoms with Crippen LogP contribution in [-0.2, 0) is 14.4 Å². The second-order valence-corrected chi connectivity index (χ2v) is 12.9. The van der Waals surface area contributed by atoms with Crippen molar-refractivity contribution < 1.29 is 22.2 Å². The number of amides is 1. The predicted molar refractivity (Wildman–Crippen MR) is 167 cm³/mol. The molecule has 1 aliphatic rings. The molecule has 42 heavy (non-hydrogen) atoms. The lowest BCUT2D eigenvalue weighted by atomic mass is 10.1. The molecule has 0 saturated heterocycles. The molecule has 10 nitrogen and oxygen atoms in total. The SMILES string of the molecule is COc1ccc(-n2c(N(C)C)nc3cc(N4CN(OS(C)(=O)=O)c5cc(-c6ccc(Cl)cc6)sc5C4=O)ccc32)cc1. The number of carbonyl (C=O) groups is 1. The van der Waals surface area contributed by atoms with E-state index in [0.29, 0.717) is 32.7 Å². The van der Waals surface area contributed by atoms with Gasteiger partial charge in [-0.3, -0.25) is 14.3 Å². The first kappa shape index (κ1) is 28.0. The quantitative estimate of drug-likeness (QED) is 0.225. The summed E-state index contributed by atoms with van der Waals surface area (Å²) in [6.07, 6.45) is 0.973. The van der Waals surface area contributed by atoms with Crippen LogP contribution in [0.25, 0.3) is 27.2 Å². The fraction of sp³-hybridized carbons (Fsp3) is 0.172. The third-order valence-corrected chi connectivity index (χ3v) is 8.57. The first-order chi connectivity index (χ1) is 20.0. The summed E-state index contributed by atoms with van der Waals surface area (Å²) in [4.78, 5) is 23.2. The van der Waals surface area contributed by atoms with Crippen LogP contribution in [0.4, 0.5) is 17.3 Å². The number of hydrogen-bond donors (Lipinski definition) is 0. The summed E-state index contributed by atoms with van der Waals surface area (Å²) >= 11 is 7.31. The summed E-state index contributed by atoms with van der Waals surface area (Å²) in [6.45, 7) is -0.138. The molecule has 1 aliphatic heterocycles. The lowest BCUT2D eigenvalue weighted by Crippen LogP contribution is -2.46. The maximum Gasteiger partial charge on any atom is 0.285 e. The topological polar surface area (TPSA) is 97.2 Å². The highest BCUT2D eigenvalue weighted by Gasteiger charge is 2.35. The third kappa shape index (κ3) is 5.18. The van der Waals surface area contributed by atoms with Crippen LogP contribution in [0.2, 0.25) is 5.02 Å². The number of thiophene rings is 1. The van der Waals surface area contributed by atoms with E-state index in [1.807, 2.05) is 78.2 Å². The molecule has 0 N–H and O–H groups in total. The van der Waals surface area contributed by atoms with Gasteiger partial charge in [0.25, 0.3) is 16.0 Å². The molecular weight excluding hydrogens is 598 g/mol.